The Kier molecular flexibility index (Phi) is 4.29. The van der Waals surface area contributed by atoms with E-state index in [1.807, 2.05) is 0 Å². The summed E-state index contributed by atoms with van der Waals surface area (Å²) in [7, 11) is -3.76. The molecular weight excluding hydrogens is 173 g/mol. The molecule has 0 aromatic carbocycles. The lowest BCUT2D eigenvalue weighted by Crippen LogP contribution is -2.09. The Balaban J connectivity index is 3.42. The van der Waals surface area contributed by atoms with Crippen LogP contribution in [0.1, 0.15) is 6.42 Å². The third-order valence-electron chi connectivity index (χ3n) is 0.954. The van der Waals surface area contributed by atoms with Crippen molar-refractivity contribution < 1.29 is 24.2 Å². The molecule has 0 heterocycles. The van der Waals surface area contributed by atoms with Gasteiger partial charge in [0.15, 0.2) is 0 Å². The van der Waals surface area contributed by atoms with Gasteiger partial charge < -0.3 is 0 Å². The van der Waals surface area contributed by atoms with E-state index in [0.717, 1.165) is 0 Å². The zero-order valence-corrected chi connectivity index (χ0v) is 6.65. The number of nitroso groups, excluding NO2 is 1. The van der Waals surface area contributed by atoms with Crippen LogP contribution < -0.4 is 0 Å². The van der Waals surface area contributed by atoms with Gasteiger partial charge in [0.1, 0.15) is 6.16 Å². The van der Waals surface area contributed by atoms with Crippen molar-refractivity contribution >= 4 is 14.4 Å². The summed E-state index contributed by atoms with van der Waals surface area (Å²) in [6.07, 6.45) is -0.0780. The van der Waals surface area contributed by atoms with Crippen LogP contribution in [0.4, 0.5) is 0 Å². The molecule has 0 fully saturated rings. The van der Waals surface area contributed by atoms with E-state index in [-0.39, 0.29) is 30.3 Å². The van der Waals surface area contributed by atoms with E-state index >= 15 is 0 Å². The number of carbonyl (C=O) groups excluding carboxylic acids is 1. The molecule has 0 aromatic rings. The van der Waals surface area contributed by atoms with Gasteiger partial charge in [0.05, 0.1) is 11.2 Å². The van der Waals surface area contributed by atoms with Gasteiger partial charge in [0.2, 0.25) is 6.54 Å². The smallest absolute Gasteiger partial charge is 0.218 e. The number of hydrogen-bond donors (Lipinski definition) is 3. The van der Waals surface area contributed by atoms with Crippen molar-refractivity contribution in [2.75, 3.05) is 12.7 Å². The van der Waals surface area contributed by atoms with Crippen LogP contribution in [0.25, 0.3) is 0 Å². The van der Waals surface area contributed by atoms with E-state index in [9.17, 15) is 9.70 Å². The van der Waals surface area contributed by atoms with E-state index in [0.29, 0.717) is 0 Å². The first-order valence-corrected chi connectivity index (χ1v) is 4.74. The molecule has 1 amide bonds. The minimum atomic E-state index is -3.76. The molecule has 0 spiro atoms. The highest BCUT2D eigenvalue weighted by molar-refractivity contribution is 7.58. The topological polar surface area (TPSA) is 97.8 Å². The molecule has 0 unspecified atom stereocenters. The second kappa shape index (κ2) is 4.46. The maximum Gasteiger partial charge on any atom is 0.421 e. The Hall–Kier alpha value is -0.420. The summed E-state index contributed by atoms with van der Waals surface area (Å²) in [6, 6.07) is 0. The first-order chi connectivity index (χ1) is 4.95. The average Bonchev–Trinajstić information content (AvgIpc) is 1.85. The third-order valence-corrected chi connectivity index (χ3v) is 1.87. The van der Waals surface area contributed by atoms with E-state index in [2.05, 4.69) is 0 Å². The number of nitrogens with zero attached hydrogens (tertiary/aromatic N) is 1. The summed E-state index contributed by atoms with van der Waals surface area (Å²) in [4.78, 5) is 45.2. The molecule has 0 aliphatic carbocycles. The zero-order valence-electron chi connectivity index (χ0n) is 5.75. The highest BCUT2D eigenvalue weighted by atomic mass is 31.2. The fourth-order valence-electron chi connectivity index (χ4n) is 0.491. The number of carbonyl (C=O) groups is 1. The monoisotopic (exact) mass is 183 g/mol. The summed E-state index contributed by atoms with van der Waals surface area (Å²) in [5, 5.41) is 0. The molecule has 0 saturated heterocycles. The minimum absolute atomic E-state index is 0.0829. The zero-order chi connectivity index (χ0) is 8.91. The predicted molar refractivity (Wildman–Crippen MR) is 37.6 cm³/mol. The second-order valence-corrected chi connectivity index (χ2v) is 3.85. The van der Waals surface area contributed by atoms with Gasteiger partial charge in [-0.15, -0.1) is 0 Å². The van der Waals surface area contributed by atoms with Gasteiger partial charge in [-0.05, 0) is 0 Å². The van der Waals surface area contributed by atoms with Crippen molar-refractivity contribution in [3.63, 3.8) is 0 Å². The lowest BCUT2D eigenvalue weighted by molar-refractivity contribution is -0.453. The Labute approximate surface area is 63.6 Å². The van der Waals surface area contributed by atoms with Crippen LogP contribution in [0.2, 0.25) is 0 Å². The molecule has 64 valence electrons. The number of hydrogen-bond acceptors (Lipinski definition) is 5. The summed E-state index contributed by atoms with van der Waals surface area (Å²) in [6.45, 7) is -0.132. The summed E-state index contributed by atoms with van der Waals surface area (Å²) >= 11 is 0. The molecule has 0 rings (SSSR count). The van der Waals surface area contributed by atoms with Crippen LogP contribution in [-0.2, 0) is 4.79 Å². The van der Waals surface area contributed by atoms with Gasteiger partial charge in [-0.3, -0.25) is 0 Å². The van der Waals surface area contributed by atoms with Gasteiger partial charge in [0, 0.05) is 4.91 Å². The molecule has 0 aliphatic heterocycles. The van der Waals surface area contributed by atoms with Gasteiger partial charge in [-0.2, -0.15) is 14.7 Å². The second-order valence-electron chi connectivity index (χ2n) is 2.02. The molecule has 7 heteroatoms. The molecule has 0 aliphatic rings. The van der Waals surface area contributed by atoms with E-state index in [1.165, 1.54) is 0 Å². The minimum Gasteiger partial charge on any atom is -0.218 e. The first kappa shape index (κ1) is 10.6. The van der Waals surface area contributed by atoms with Crippen LogP contribution >= 0.6 is 7.94 Å². The molecule has 0 atom stereocenters. The van der Waals surface area contributed by atoms with Crippen molar-refractivity contribution in [1.29, 1.82) is 0 Å². The van der Waals surface area contributed by atoms with Crippen LogP contribution in [0.5, 0.6) is 0 Å². The quantitative estimate of drug-likeness (QED) is 0.290. The van der Waals surface area contributed by atoms with E-state index < -0.39 is 7.94 Å². The van der Waals surface area contributed by atoms with E-state index in [4.69, 9.17) is 14.7 Å². The third kappa shape index (κ3) is 7.48. The normalized spacial score (nSPS) is 11.2. The highest BCUT2D eigenvalue weighted by Gasteiger charge is 2.29. The molecular formula is C4H10NO5P+2. The van der Waals surface area contributed by atoms with Crippen LogP contribution in [0, 0.1) is 4.91 Å². The molecule has 0 radical (unpaired) electrons. The largest absolute Gasteiger partial charge is 0.421 e. The lowest BCUT2D eigenvalue weighted by Gasteiger charge is -1.99. The molecule has 6 nitrogen and oxygen atoms in total. The molecule has 0 aromatic heterocycles. The van der Waals surface area contributed by atoms with Crippen LogP contribution in [-0.4, -0.2) is 38.6 Å². The van der Waals surface area contributed by atoms with Gasteiger partial charge in [-0.25, -0.2) is 4.79 Å². The Morgan fingerprint density at radius 3 is 2.27 bits per heavy atom. The van der Waals surface area contributed by atoms with Gasteiger partial charge in [-0.1, -0.05) is 0 Å². The molecule has 0 bridgehead atoms. The fraction of sp³-hybridized carbons (Fsp3) is 0.750. The Morgan fingerprint density at radius 1 is 1.36 bits per heavy atom. The van der Waals surface area contributed by atoms with Crippen molar-refractivity contribution in [1.82, 2.24) is 0 Å². The highest BCUT2D eigenvalue weighted by Crippen LogP contribution is 2.44. The lowest BCUT2D eigenvalue weighted by atomic mass is 10.5. The molecule has 11 heavy (non-hydrogen) atoms. The Morgan fingerprint density at radius 2 is 1.91 bits per heavy atom. The van der Waals surface area contributed by atoms with Gasteiger partial charge >= 0.3 is 14.4 Å². The van der Waals surface area contributed by atoms with Crippen LogP contribution in [0.3, 0.4) is 0 Å². The summed E-state index contributed by atoms with van der Waals surface area (Å²) in [5.41, 5.74) is 0. The Bertz CT molecular complexity index is 153. The summed E-state index contributed by atoms with van der Waals surface area (Å²) in [5.74, 6) is 0. The van der Waals surface area contributed by atoms with Crippen molar-refractivity contribution in [2.24, 2.45) is 0 Å². The predicted octanol–water partition coefficient (Wildman–Crippen LogP) is -0.949. The molecule has 0 saturated carbocycles. The maximum absolute atomic E-state index is 10.2. The van der Waals surface area contributed by atoms with Crippen LogP contribution in [0.15, 0.2) is 0 Å². The van der Waals surface area contributed by atoms with E-state index in [1.54, 1.807) is 0 Å². The average molecular weight is 183 g/mol. The van der Waals surface area contributed by atoms with Crippen molar-refractivity contribution in [3.8, 4) is 0 Å². The molecule has 3 N–H and O–H groups in total. The first-order valence-electron chi connectivity index (χ1n) is 2.91. The standard InChI is InChI=1S/C4H10NO5P/c6-4-5(7)2-1-3-11(8,9)10/h4,8-10H,1-3H2/q+2. The van der Waals surface area contributed by atoms with Crippen molar-refractivity contribution in [3.05, 3.63) is 4.91 Å². The maximum atomic E-state index is 10.2. The SMILES string of the molecule is O=C[N+](=O)CCC[P+](O)(O)O. The number of rotatable bonds is 5. The van der Waals surface area contributed by atoms with Gasteiger partial charge in [0.25, 0.3) is 0 Å². The fourth-order valence-corrected chi connectivity index (χ4v) is 1.06. The van der Waals surface area contributed by atoms with Crippen molar-refractivity contribution in [2.45, 2.75) is 6.42 Å². The summed E-state index contributed by atoms with van der Waals surface area (Å²) < 4.78 is 0.121. The number of amides is 1.